The number of halogens is 2. The molecule has 0 unspecified atom stereocenters. The lowest BCUT2D eigenvalue weighted by atomic mass is 10.1. The minimum atomic E-state index is -1.58. The van der Waals surface area contributed by atoms with Gasteiger partial charge in [0, 0.05) is 0 Å². The van der Waals surface area contributed by atoms with E-state index in [1.807, 2.05) is 0 Å². The van der Waals surface area contributed by atoms with Crippen molar-refractivity contribution in [2.75, 3.05) is 6.61 Å². The molecular formula is C26H27Cl2N3O9. The predicted molar refractivity (Wildman–Crippen MR) is 143 cm³/mol. The van der Waals surface area contributed by atoms with Crippen molar-refractivity contribution in [2.24, 2.45) is 0 Å². The topological polar surface area (TPSA) is 177 Å². The molecule has 0 saturated carbocycles. The van der Waals surface area contributed by atoms with Crippen LogP contribution in [0.4, 0.5) is 4.79 Å². The first kappa shape index (κ1) is 32.1. The van der Waals surface area contributed by atoms with E-state index >= 15 is 0 Å². The zero-order valence-electron chi connectivity index (χ0n) is 21.4. The first-order valence-electron chi connectivity index (χ1n) is 11.8. The Morgan fingerprint density at radius 3 is 1.98 bits per heavy atom. The fourth-order valence-electron chi connectivity index (χ4n) is 3.13. The highest BCUT2D eigenvalue weighted by molar-refractivity contribution is 6.39. The Morgan fingerprint density at radius 1 is 0.800 bits per heavy atom. The second-order valence-electron chi connectivity index (χ2n) is 8.46. The number of hydrogen-bond donors (Lipinski definition) is 4. The lowest BCUT2D eigenvalue weighted by Gasteiger charge is -2.21. The number of carbonyl (C=O) groups is 6. The molecule has 3 amide bonds. The van der Waals surface area contributed by atoms with Gasteiger partial charge in [-0.25, -0.2) is 9.59 Å². The SMILES string of the molecule is C[C@H](NC(=O)OCc1ccccc1)C(=O)N[C@@H](C)C(=O)N[C@@H](CC(=O)O)C(=O)COC(=O)c1c(Cl)cccc1Cl. The summed E-state index contributed by atoms with van der Waals surface area (Å²) in [5.41, 5.74) is 0.563. The van der Waals surface area contributed by atoms with E-state index in [4.69, 9.17) is 37.8 Å². The Balaban J connectivity index is 1.89. The van der Waals surface area contributed by atoms with E-state index in [2.05, 4.69) is 16.0 Å². The number of aliphatic carboxylic acids is 1. The zero-order chi connectivity index (χ0) is 29.8. The second-order valence-corrected chi connectivity index (χ2v) is 9.27. The van der Waals surface area contributed by atoms with Crippen molar-refractivity contribution in [3.63, 3.8) is 0 Å². The van der Waals surface area contributed by atoms with Crippen molar-refractivity contribution in [3.8, 4) is 0 Å². The summed E-state index contributed by atoms with van der Waals surface area (Å²) >= 11 is 11.9. The van der Waals surface area contributed by atoms with Crippen LogP contribution in [0.15, 0.2) is 48.5 Å². The number of esters is 1. The smallest absolute Gasteiger partial charge is 0.408 e. The van der Waals surface area contributed by atoms with Crippen LogP contribution in [0.1, 0.15) is 36.2 Å². The average molecular weight is 596 g/mol. The third-order valence-electron chi connectivity index (χ3n) is 5.29. The number of alkyl carbamates (subject to hydrolysis) is 1. The molecule has 214 valence electrons. The van der Waals surface area contributed by atoms with Gasteiger partial charge in [-0.1, -0.05) is 59.6 Å². The van der Waals surface area contributed by atoms with Crippen LogP contribution >= 0.6 is 23.2 Å². The average Bonchev–Trinajstić information content (AvgIpc) is 2.90. The molecule has 0 bridgehead atoms. The van der Waals surface area contributed by atoms with E-state index in [0.29, 0.717) is 0 Å². The highest BCUT2D eigenvalue weighted by Crippen LogP contribution is 2.25. The summed E-state index contributed by atoms with van der Waals surface area (Å²) in [6, 6.07) is 9.24. The van der Waals surface area contributed by atoms with Crippen LogP contribution in [0.2, 0.25) is 10.0 Å². The molecule has 14 heteroatoms. The van der Waals surface area contributed by atoms with Gasteiger partial charge in [0.05, 0.1) is 22.0 Å². The molecule has 0 aliphatic rings. The minimum Gasteiger partial charge on any atom is -0.481 e. The van der Waals surface area contributed by atoms with Gasteiger partial charge in [0.2, 0.25) is 11.8 Å². The summed E-state index contributed by atoms with van der Waals surface area (Å²) in [4.78, 5) is 73.2. The van der Waals surface area contributed by atoms with Gasteiger partial charge in [-0.05, 0) is 31.5 Å². The third kappa shape index (κ3) is 10.2. The fourth-order valence-corrected chi connectivity index (χ4v) is 3.68. The standard InChI is InChI=1S/C26H27Cl2N3O9/c1-14(29-23(35)15(2)30-26(38)40-12-16-7-4-3-5-8-16)24(36)31-19(11-21(33)34)20(32)13-39-25(37)22-17(27)9-6-10-18(22)28/h3-10,14-15,19H,11-13H2,1-2H3,(H,29,35)(H,30,38)(H,31,36)(H,33,34)/t14-,15-,19-/m0/s1. The van der Waals surface area contributed by atoms with Gasteiger partial charge in [-0.2, -0.15) is 0 Å². The number of carboxylic acid groups (broad SMARTS) is 1. The van der Waals surface area contributed by atoms with Gasteiger partial charge in [0.25, 0.3) is 0 Å². The molecule has 0 heterocycles. The Kier molecular flexibility index (Phi) is 12.4. The molecule has 3 atom stereocenters. The van der Waals surface area contributed by atoms with Crippen molar-refractivity contribution in [1.29, 1.82) is 0 Å². The van der Waals surface area contributed by atoms with Gasteiger partial charge in [-0.3, -0.25) is 19.2 Å². The van der Waals surface area contributed by atoms with Gasteiger partial charge in [0.15, 0.2) is 12.4 Å². The van der Waals surface area contributed by atoms with Gasteiger partial charge in [0.1, 0.15) is 24.7 Å². The molecule has 12 nitrogen and oxygen atoms in total. The lowest BCUT2D eigenvalue weighted by molar-refractivity contribution is -0.141. The van der Waals surface area contributed by atoms with Crippen LogP contribution in [0, 0.1) is 0 Å². The number of carboxylic acids is 1. The van der Waals surface area contributed by atoms with Crippen molar-refractivity contribution < 1.29 is 43.3 Å². The van der Waals surface area contributed by atoms with E-state index in [0.717, 1.165) is 5.56 Å². The molecule has 0 aliphatic heterocycles. The molecule has 0 aromatic heterocycles. The van der Waals surface area contributed by atoms with E-state index in [-0.39, 0.29) is 22.2 Å². The second kappa shape index (κ2) is 15.4. The summed E-state index contributed by atoms with van der Waals surface area (Å²) in [7, 11) is 0. The zero-order valence-corrected chi connectivity index (χ0v) is 23.0. The van der Waals surface area contributed by atoms with Gasteiger partial charge >= 0.3 is 18.0 Å². The minimum absolute atomic E-state index is 0.0143. The van der Waals surface area contributed by atoms with Crippen LogP contribution in [-0.4, -0.2) is 65.5 Å². The molecule has 0 saturated heterocycles. The molecular weight excluding hydrogens is 569 g/mol. The summed E-state index contributed by atoms with van der Waals surface area (Å²) in [6.45, 7) is 1.75. The molecule has 0 radical (unpaired) electrons. The molecule has 0 spiro atoms. The molecule has 2 aromatic carbocycles. The van der Waals surface area contributed by atoms with Crippen molar-refractivity contribution in [1.82, 2.24) is 16.0 Å². The summed E-state index contributed by atoms with van der Waals surface area (Å²) in [6.07, 6.45) is -1.68. The van der Waals surface area contributed by atoms with Crippen LogP contribution in [0.25, 0.3) is 0 Å². The molecule has 2 rings (SSSR count). The Morgan fingerprint density at radius 2 is 1.38 bits per heavy atom. The van der Waals surface area contributed by atoms with E-state index < -0.39 is 66.8 Å². The molecule has 40 heavy (non-hydrogen) atoms. The number of Topliss-reactive ketones (excluding diaryl/α,β-unsaturated/α-hetero) is 1. The molecule has 0 fully saturated rings. The number of amides is 3. The maximum absolute atomic E-state index is 12.6. The van der Waals surface area contributed by atoms with Crippen molar-refractivity contribution in [2.45, 2.75) is 45.0 Å². The van der Waals surface area contributed by atoms with Gasteiger partial charge < -0.3 is 30.5 Å². The Hall–Kier alpha value is -4.16. The largest absolute Gasteiger partial charge is 0.481 e. The predicted octanol–water partition coefficient (Wildman–Crippen LogP) is 2.50. The summed E-state index contributed by atoms with van der Waals surface area (Å²) < 4.78 is 9.96. The van der Waals surface area contributed by atoms with Crippen molar-refractivity contribution >= 4 is 58.8 Å². The third-order valence-corrected chi connectivity index (χ3v) is 5.92. The quantitative estimate of drug-likeness (QED) is 0.253. The monoisotopic (exact) mass is 595 g/mol. The van der Waals surface area contributed by atoms with Gasteiger partial charge in [-0.15, -0.1) is 0 Å². The first-order valence-corrected chi connectivity index (χ1v) is 12.6. The van der Waals surface area contributed by atoms with E-state index in [9.17, 15) is 28.8 Å². The normalized spacial score (nSPS) is 12.7. The molecule has 0 aliphatic carbocycles. The van der Waals surface area contributed by atoms with E-state index in [1.54, 1.807) is 30.3 Å². The fraction of sp³-hybridized carbons (Fsp3) is 0.308. The number of rotatable bonds is 13. The van der Waals surface area contributed by atoms with E-state index in [1.165, 1.54) is 32.0 Å². The maximum Gasteiger partial charge on any atom is 0.408 e. The van der Waals surface area contributed by atoms with Crippen LogP contribution in [0.3, 0.4) is 0 Å². The highest BCUT2D eigenvalue weighted by Gasteiger charge is 2.29. The maximum atomic E-state index is 12.6. The van der Waals surface area contributed by atoms with Crippen LogP contribution < -0.4 is 16.0 Å². The number of nitrogens with one attached hydrogen (secondary N) is 3. The number of benzene rings is 2. The summed E-state index contributed by atoms with van der Waals surface area (Å²) in [5.74, 6) is -5.00. The molecule has 4 N–H and O–H groups in total. The lowest BCUT2D eigenvalue weighted by Crippen LogP contribution is -2.54. The first-order chi connectivity index (χ1) is 18.9. The van der Waals surface area contributed by atoms with Crippen molar-refractivity contribution in [3.05, 3.63) is 69.7 Å². The number of hydrogen-bond acceptors (Lipinski definition) is 8. The Bertz CT molecular complexity index is 1240. The van der Waals surface area contributed by atoms with Crippen LogP contribution in [0.5, 0.6) is 0 Å². The number of carbonyl (C=O) groups excluding carboxylic acids is 5. The highest BCUT2D eigenvalue weighted by atomic mass is 35.5. The Labute approximate surface area is 239 Å². The summed E-state index contributed by atoms with van der Waals surface area (Å²) in [5, 5.41) is 16.0. The number of ether oxygens (including phenoxy) is 2. The van der Waals surface area contributed by atoms with Crippen LogP contribution in [-0.2, 0) is 35.3 Å². The molecule has 2 aromatic rings. The number of ketones is 1.